The Morgan fingerprint density at radius 2 is 0.588 bits per heavy atom. The third-order valence-corrected chi connectivity index (χ3v) is 10.8. The Balaban J connectivity index is 3.64. The second kappa shape index (κ2) is 56.8. The summed E-state index contributed by atoms with van der Waals surface area (Å²) in [5.41, 5.74) is 0. The van der Waals surface area contributed by atoms with Gasteiger partial charge in [0.15, 0.2) is 6.10 Å². The molecule has 68 heavy (non-hydrogen) atoms. The predicted molar refractivity (Wildman–Crippen MR) is 297 cm³/mol. The van der Waals surface area contributed by atoms with Gasteiger partial charge in [0.05, 0.1) is 6.61 Å². The van der Waals surface area contributed by atoms with Crippen molar-refractivity contribution in [1.29, 1.82) is 0 Å². The van der Waals surface area contributed by atoms with Gasteiger partial charge in [0.25, 0.3) is 0 Å². The third kappa shape index (κ3) is 54.1. The number of hydrogen-bond acceptors (Lipinski definition) is 5. The maximum atomic E-state index is 12.3. The molecule has 0 heterocycles. The van der Waals surface area contributed by atoms with Gasteiger partial charge in [0, 0.05) is 12.8 Å². The summed E-state index contributed by atoms with van der Waals surface area (Å²) < 4.78 is 10.7. The number of aliphatic hydroxyl groups is 1. The summed E-state index contributed by atoms with van der Waals surface area (Å²) in [6.45, 7) is 3.87. The Morgan fingerprint density at radius 3 is 0.882 bits per heavy atom. The second-order valence-corrected chi connectivity index (χ2v) is 17.2. The lowest BCUT2D eigenvalue weighted by molar-refractivity contribution is -0.161. The predicted octanol–water partition coefficient (Wildman–Crippen LogP) is 18.4. The van der Waals surface area contributed by atoms with E-state index < -0.39 is 6.10 Å². The normalized spacial score (nSPS) is 13.5. The molecule has 0 spiro atoms. The molecular formula is C63H98O5. The molecule has 0 aromatic heterocycles. The van der Waals surface area contributed by atoms with Gasteiger partial charge in [-0.2, -0.15) is 0 Å². The standard InChI is InChI=1S/C63H98O5/c1-3-5-7-9-11-13-15-17-19-21-23-25-26-27-28-29-30-31-32-33-34-35-36-38-40-42-44-46-48-50-52-54-56-58-63(66)68-61(59-64)60-67-62(65)57-55-53-51-49-47-45-43-41-39-37-24-22-20-18-16-14-12-10-8-6-4-2/h5-8,11-14,17-20,23-25,27-28,30-31,33-34,36-38,41,43,61,64H,3-4,9-10,15-16,21-22,26,29,32,35,39-40,42,44-60H2,1-2H3/b7-5-,8-6-,13-11-,14-12-,19-17-,20-18-,25-23-,28-27-,31-30-,34-33-,37-24-,38-36-,43-41-. The second-order valence-electron chi connectivity index (χ2n) is 17.2. The van der Waals surface area contributed by atoms with Crippen LogP contribution < -0.4 is 0 Å². The van der Waals surface area contributed by atoms with Crippen LogP contribution in [0.4, 0.5) is 0 Å². The fraction of sp³-hybridized carbons (Fsp3) is 0.556. The van der Waals surface area contributed by atoms with Gasteiger partial charge >= 0.3 is 11.9 Å². The number of unbranched alkanes of at least 4 members (excludes halogenated alkanes) is 13. The fourth-order valence-corrected chi connectivity index (χ4v) is 6.83. The van der Waals surface area contributed by atoms with Gasteiger partial charge in [-0.3, -0.25) is 9.59 Å². The molecule has 1 N–H and O–H groups in total. The minimum atomic E-state index is -0.798. The van der Waals surface area contributed by atoms with Crippen molar-refractivity contribution in [1.82, 2.24) is 0 Å². The lowest BCUT2D eigenvalue weighted by atomic mass is 10.1. The summed E-state index contributed by atoms with van der Waals surface area (Å²) in [5.74, 6) is -0.635. The van der Waals surface area contributed by atoms with Gasteiger partial charge in [0.2, 0.25) is 0 Å². The molecule has 0 amide bonds. The van der Waals surface area contributed by atoms with Crippen LogP contribution in [0.15, 0.2) is 158 Å². The first-order chi connectivity index (χ1) is 33.6. The van der Waals surface area contributed by atoms with Crippen LogP contribution in [0.2, 0.25) is 0 Å². The molecule has 1 unspecified atom stereocenters. The molecular weight excluding hydrogens is 837 g/mol. The first-order valence-corrected chi connectivity index (χ1v) is 27.0. The molecule has 5 heteroatoms. The Hall–Kier alpha value is -4.48. The zero-order valence-corrected chi connectivity index (χ0v) is 43.3. The fourth-order valence-electron chi connectivity index (χ4n) is 6.83. The summed E-state index contributed by atoms with van der Waals surface area (Å²) in [6, 6.07) is 0. The molecule has 0 aromatic carbocycles. The monoisotopic (exact) mass is 935 g/mol. The molecule has 0 saturated carbocycles. The zero-order valence-electron chi connectivity index (χ0n) is 43.3. The van der Waals surface area contributed by atoms with Gasteiger partial charge in [-0.1, -0.05) is 230 Å². The van der Waals surface area contributed by atoms with E-state index in [1.165, 1.54) is 32.1 Å². The molecule has 5 nitrogen and oxygen atoms in total. The lowest BCUT2D eigenvalue weighted by Crippen LogP contribution is -2.28. The van der Waals surface area contributed by atoms with Crippen molar-refractivity contribution >= 4 is 11.9 Å². The number of carbonyl (C=O) groups is 2. The number of aliphatic hydroxyl groups excluding tert-OH is 1. The molecule has 1 atom stereocenters. The molecule has 0 aromatic rings. The Labute approximate surface area is 418 Å². The highest BCUT2D eigenvalue weighted by Crippen LogP contribution is 2.13. The summed E-state index contributed by atoms with van der Waals surface area (Å²) >= 11 is 0. The van der Waals surface area contributed by atoms with E-state index in [0.717, 1.165) is 148 Å². The number of carbonyl (C=O) groups excluding carboxylic acids is 2. The van der Waals surface area contributed by atoms with E-state index in [4.69, 9.17) is 9.47 Å². The molecule has 0 saturated heterocycles. The van der Waals surface area contributed by atoms with Crippen LogP contribution >= 0.6 is 0 Å². The number of rotatable bonds is 47. The van der Waals surface area contributed by atoms with Crippen molar-refractivity contribution in [3.8, 4) is 0 Å². The van der Waals surface area contributed by atoms with E-state index >= 15 is 0 Å². The van der Waals surface area contributed by atoms with E-state index in [9.17, 15) is 14.7 Å². The average Bonchev–Trinajstić information content (AvgIpc) is 3.34. The van der Waals surface area contributed by atoms with Gasteiger partial charge in [-0.15, -0.1) is 0 Å². The largest absolute Gasteiger partial charge is 0.462 e. The average molecular weight is 935 g/mol. The van der Waals surface area contributed by atoms with Crippen LogP contribution in [-0.2, 0) is 19.1 Å². The van der Waals surface area contributed by atoms with E-state index in [1.807, 2.05) is 0 Å². The Morgan fingerprint density at radius 1 is 0.338 bits per heavy atom. The van der Waals surface area contributed by atoms with Crippen molar-refractivity contribution in [3.63, 3.8) is 0 Å². The van der Waals surface area contributed by atoms with Gasteiger partial charge in [-0.25, -0.2) is 0 Å². The smallest absolute Gasteiger partial charge is 0.306 e. The highest BCUT2D eigenvalue weighted by Gasteiger charge is 2.16. The molecule has 0 aliphatic rings. The molecule has 0 fully saturated rings. The van der Waals surface area contributed by atoms with Crippen LogP contribution in [0.5, 0.6) is 0 Å². The molecule has 380 valence electrons. The summed E-state index contributed by atoms with van der Waals surface area (Å²) in [5, 5.41) is 9.64. The van der Waals surface area contributed by atoms with Crippen LogP contribution in [0.1, 0.15) is 206 Å². The van der Waals surface area contributed by atoms with Crippen molar-refractivity contribution in [2.45, 2.75) is 213 Å². The highest BCUT2D eigenvalue weighted by molar-refractivity contribution is 5.70. The van der Waals surface area contributed by atoms with E-state index in [-0.39, 0.29) is 25.2 Å². The minimum Gasteiger partial charge on any atom is -0.462 e. The zero-order chi connectivity index (χ0) is 49.2. The van der Waals surface area contributed by atoms with E-state index in [0.29, 0.717) is 12.8 Å². The number of esters is 2. The van der Waals surface area contributed by atoms with Crippen LogP contribution in [0.3, 0.4) is 0 Å². The molecule has 0 aliphatic carbocycles. The van der Waals surface area contributed by atoms with Crippen LogP contribution in [0, 0.1) is 0 Å². The molecule has 0 bridgehead atoms. The maximum absolute atomic E-state index is 12.3. The highest BCUT2D eigenvalue weighted by atomic mass is 16.6. The molecule has 0 aliphatic heterocycles. The summed E-state index contributed by atoms with van der Waals surface area (Å²) in [6.07, 6.45) is 87.6. The first kappa shape index (κ1) is 63.5. The van der Waals surface area contributed by atoms with Crippen LogP contribution in [-0.4, -0.2) is 36.4 Å². The van der Waals surface area contributed by atoms with Crippen molar-refractivity contribution < 1.29 is 24.2 Å². The quantitative estimate of drug-likeness (QED) is 0.0374. The van der Waals surface area contributed by atoms with E-state index in [2.05, 4.69) is 172 Å². The number of hydrogen-bond donors (Lipinski definition) is 1. The van der Waals surface area contributed by atoms with E-state index in [1.54, 1.807) is 0 Å². The SMILES string of the molecule is CC/C=C\C/C=C\C/C=C\C/C=C\C/C=C\C/C=C\C/C=C\C/C=C\CCCCCCCCCCC(=O)OC(CO)COC(=O)CCCCCCC/C=C\C/C=C\C/C=C\C/C=C\C/C=C\CC. The van der Waals surface area contributed by atoms with Crippen molar-refractivity contribution in [2.24, 2.45) is 0 Å². The third-order valence-electron chi connectivity index (χ3n) is 10.8. The van der Waals surface area contributed by atoms with Gasteiger partial charge < -0.3 is 14.6 Å². The lowest BCUT2D eigenvalue weighted by Gasteiger charge is -2.15. The topological polar surface area (TPSA) is 72.8 Å². The van der Waals surface area contributed by atoms with Gasteiger partial charge in [0.1, 0.15) is 6.61 Å². The maximum Gasteiger partial charge on any atom is 0.306 e. The van der Waals surface area contributed by atoms with Crippen molar-refractivity contribution in [3.05, 3.63) is 158 Å². The number of ether oxygens (including phenoxy) is 2. The molecule has 0 rings (SSSR count). The Kier molecular flexibility index (Phi) is 53.1. The van der Waals surface area contributed by atoms with Gasteiger partial charge in [-0.05, 0) is 122 Å². The summed E-state index contributed by atoms with van der Waals surface area (Å²) in [4.78, 5) is 24.5. The number of allylic oxidation sites excluding steroid dienone is 26. The first-order valence-electron chi connectivity index (χ1n) is 27.0. The van der Waals surface area contributed by atoms with Crippen molar-refractivity contribution in [2.75, 3.05) is 13.2 Å². The van der Waals surface area contributed by atoms with Crippen LogP contribution in [0.25, 0.3) is 0 Å². The minimum absolute atomic E-state index is 0.0904. The molecule has 0 radical (unpaired) electrons. The summed E-state index contributed by atoms with van der Waals surface area (Å²) in [7, 11) is 0. The Bertz CT molecular complexity index is 1520.